The number of thioether (sulfide) groups is 2. The van der Waals surface area contributed by atoms with Crippen LogP contribution in [0.5, 0.6) is 0 Å². The first-order valence-corrected chi connectivity index (χ1v) is 9.37. The highest BCUT2D eigenvalue weighted by molar-refractivity contribution is 8.03. The van der Waals surface area contributed by atoms with Crippen LogP contribution in [0.3, 0.4) is 0 Å². The Morgan fingerprint density at radius 1 is 1.41 bits per heavy atom. The number of aromatic nitrogens is 2. The lowest BCUT2D eigenvalue weighted by Crippen LogP contribution is -2.22. The van der Waals surface area contributed by atoms with Gasteiger partial charge in [-0.1, -0.05) is 47.9 Å². The molecule has 0 aliphatic rings. The average molecular weight is 358 g/mol. The molecule has 1 atom stereocenters. The van der Waals surface area contributed by atoms with Crippen LogP contribution in [0, 0.1) is 12.7 Å². The molecule has 118 valence electrons. The Morgan fingerprint density at radius 3 is 2.82 bits per heavy atom. The second kappa shape index (κ2) is 7.94. The van der Waals surface area contributed by atoms with E-state index in [1.54, 1.807) is 37.7 Å². The highest BCUT2D eigenvalue weighted by Crippen LogP contribution is 2.31. The number of halogens is 1. The number of hydrogen-bond acceptors (Lipinski definition) is 6. The van der Waals surface area contributed by atoms with Crippen molar-refractivity contribution >= 4 is 46.5 Å². The maximum Gasteiger partial charge on any atom is 0.237 e. The summed E-state index contributed by atoms with van der Waals surface area (Å²) in [6.45, 7) is 5.52. The molecule has 2 rings (SSSR count). The smallest absolute Gasteiger partial charge is 0.237 e. The van der Waals surface area contributed by atoms with Crippen molar-refractivity contribution in [2.75, 3.05) is 11.1 Å². The van der Waals surface area contributed by atoms with Crippen molar-refractivity contribution < 1.29 is 9.18 Å². The number of carbonyl (C=O) groups is 1. The van der Waals surface area contributed by atoms with Crippen LogP contribution in [0.1, 0.15) is 19.4 Å². The van der Waals surface area contributed by atoms with Gasteiger partial charge in [-0.3, -0.25) is 4.79 Å². The summed E-state index contributed by atoms with van der Waals surface area (Å²) in [5, 5.41) is 10.5. The van der Waals surface area contributed by atoms with Gasteiger partial charge >= 0.3 is 0 Å². The summed E-state index contributed by atoms with van der Waals surface area (Å²) in [4.78, 5) is 12.1. The van der Waals surface area contributed by atoms with Gasteiger partial charge in [-0.25, -0.2) is 4.39 Å². The molecule has 1 N–H and O–H groups in total. The monoisotopic (exact) mass is 357 g/mol. The van der Waals surface area contributed by atoms with E-state index in [2.05, 4.69) is 22.4 Å². The van der Waals surface area contributed by atoms with E-state index in [0.29, 0.717) is 11.3 Å². The second-order valence-corrected chi connectivity index (χ2v) is 8.56. The number of benzene rings is 1. The number of hydrogen-bond donors (Lipinski definition) is 1. The molecule has 0 radical (unpaired) electrons. The van der Waals surface area contributed by atoms with Crippen LogP contribution in [-0.4, -0.2) is 27.1 Å². The van der Waals surface area contributed by atoms with Gasteiger partial charge in [0.05, 0.1) is 5.25 Å². The maximum atomic E-state index is 13.5. The zero-order valence-corrected chi connectivity index (χ0v) is 14.9. The molecule has 4 nitrogen and oxygen atoms in total. The van der Waals surface area contributed by atoms with E-state index < -0.39 is 0 Å². The highest BCUT2D eigenvalue weighted by atomic mass is 32.2. The first kappa shape index (κ1) is 17.2. The molecule has 1 amide bonds. The molecule has 8 heteroatoms. The van der Waals surface area contributed by atoms with Crippen molar-refractivity contribution in [1.29, 1.82) is 0 Å². The van der Waals surface area contributed by atoms with Crippen molar-refractivity contribution in [3.05, 3.63) is 29.6 Å². The molecule has 1 heterocycles. The van der Waals surface area contributed by atoms with Crippen molar-refractivity contribution in [2.24, 2.45) is 0 Å². The van der Waals surface area contributed by atoms with Crippen LogP contribution in [0.4, 0.5) is 10.1 Å². The van der Waals surface area contributed by atoms with Crippen molar-refractivity contribution in [3.63, 3.8) is 0 Å². The number of carbonyl (C=O) groups excluding carboxylic acids is 1. The van der Waals surface area contributed by atoms with E-state index in [1.807, 2.05) is 0 Å². The SMILES string of the molecule is CCSc1nnc(SC(C)C(=O)Nc2ccc(C)c(F)c2)s1. The van der Waals surface area contributed by atoms with Crippen LogP contribution in [-0.2, 0) is 4.79 Å². The fourth-order valence-corrected chi connectivity index (χ4v) is 4.61. The van der Waals surface area contributed by atoms with Crippen LogP contribution < -0.4 is 5.32 Å². The third-order valence-corrected chi connectivity index (χ3v) is 5.86. The minimum absolute atomic E-state index is 0.187. The number of nitrogens with one attached hydrogen (secondary N) is 1. The normalized spacial score (nSPS) is 12.2. The van der Waals surface area contributed by atoms with Crippen molar-refractivity contribution in [2.45, 2.75) is 34.7 Å². The maximum absolute atomic E-state index is 13.5. The lowest BCUT2D eigenvalue weighted by atomic mass is 10.2. The zero-order valence-electron chi connectivity index (χ0n) is 12.4. The van der Waals surface area contributed by atoms with Gasteiger partial charge in [0, 0.05) is 5.69 Å². The van der Waals surface area contributed by atoms with E-state index in [1.165, 1.54) is 29.2 Å². The predicted octanol–water partition coefficient (Wildman–Crippen LogP) is 4.22. The molecule has 0 saturated carbocycles. The molecule has 0 spiro atoms. The molecular weight excluding hydrogens is 341 g/mol. The highest BCUT2D eigenvalue weighted by Gasteiger charge is 2.17. The molecular formula is C14H16FN3OS3. The molecule has 0 saturated heterocycles. The van der Waals surface area contributed by atoms with Gasteiger partial charge < -0.3 is 5.32 Å². The number of nitrogens with zero attached hydrogens (tertiary/aromatic N) is 2. The fraction of sp³-hybridized carbons (Fsp3) is 0.357. The molecule has 0 aliphatic heterocycles. The van der Waals surface area contributed by atoms with E-state index >= 15 is 0 Å². The molecule has 1 unspecified atom stereocenters. The summed E-state index contributed by atoms with van der Waals surface area (Å²) in [6, 6.07) is 4.65. The van der Waals surface area contributed by atoms with Gasteiger partial charge in [0.15, 0.2) is 8.68 Å². The van der Waals surface area contributed by atoms with Crippen LogP contribution in [0.2, 0.25) is 0 Å². The van der Waals surface area contributed by atoms with Crippen LogP contribution in [0.15, 0.2) is 26.9 Å². The molecule has 0 fully saturated rings. The van der Waals surface area contributed by atoms with Crippen molar-refractivity contribution in [3.8, 4) is 0 Å². The minimum atomic E-state index is -0.336. The number of amides is 1. The summed E-state index contributed by atoms with van der Waals surface area (Å²) < 4.78 is 15.1. The first-order chi connectivity index (χ1) is 10.5. The summed E-state index contributed by atoms with van der Waals surface area (Å²) in [5.74, 6) is 0.422. The summed E-state index contributed by atoms with van der Waals surface area (Å²) in [5.41, 5.74) is 1.01. The fourth-order valence-electron chi connectivity index (χ4n) is 1.55. The Labute approximate surface area is 141 Å². The molecule has 0 bridgehead atoms. The molecule has 22 heavy (non-hydrogen) atoms. The van der Waals surface area contributed by atoms with Crippen LogP contribution in [0.25, 0.3) is 0 Å². The Kier molecular flexibility index (Phi) is 6.22. The number of anilines is 1. The molecule has 0 aliphatic carbocycles. The van der Waals surface area contributed by atoms with Gasteiger partial charge in [0.1, 0.15) is 5.82 Å². The lowest BCUT2D eigenvalue weighted by molar-refractivity contribution is -0.115. The average Bonchev–Trinajstić information content (AvgIpc) is 2.90. The van der Waals surface area contributed by atoms with Gasteiger partial charge in [0.25, 0.3) is 0 Å². The van der Waals surface area contributed by atoms with E-state index in [-0.39, 0.29) is 17.0 Å². The summed E-state index contributed by atoms with van der Waals surface area (Å²) in [7, 11) is 0. The Balaban J connectivity index is 1.94. The molecule has 2 aromatic rings. The van der Waals surface area contributed by atoms with Gasteiger partial charge in [0.2, 0.25) is 5.91 Å². The largest absolute Gasteiger partial charge is 0.325 e. The zero-order chi connectivity index (χ0) is 16.1. The second-order valence-electron chi connectivity index (χ2n) is 4.48. The standard InChI is InChI=1S/C14H16FN3OS3/c1-4-20-13-17-18-14(22-13)21-9(3)12(19)16-10-6-5-8(2)11(15)7-10/h5-7,9H,4H2,1-3H3,(H,16,19). The summed E-state index contributed by atoms with van der Waals surface area (Å²) >= 11 is 4.45. The van der Waals surface area contributed by atoms with Gasteiger partial charge in [-0.2, -0.15) is 0 Å². The van der Waals surface area contributed by atoms with E-state index in [4.69, 9.17) is 0 Å². The lowest BCUT2D eigenvalue weighted by Gasteiger charge is -2.10. The van der Waals surface area contributed by atoms with Crippen molar-refractivity contribution in [1.82, 2.24) is 10.2 Å². The number of aryl methyl sites for hydroxylation is 1. The topological polar surface area (TPSA) is 54.9 Å². The predicted molar refractivity (Wildman–Crippen MR) is 91.4 cm³/mol. The quantitative estimate of drug-likeness (QED) is 0.785. The third kappa shape index (κ3) is 4.69. The van der Waals surface area contributed by atoms with Crippen LogP contribution >= 0.6 is 34.9 Å². The number of rotatable bonds is 6. The first-order valence-electron chi connectivity index (χ1n) is 6.69. The van der Waals surface area contributed by atoms with E-state index in [9.17, 15) is 9.18 Å². The third-order valence-electron chi connectivity index (χ3n) is 2.74. The molecule has 1 aromatic heterocycles. The summed E-state index contributed by atoms with van der Waals surface area (Å²) in [6.07, 6.45) is 0. The Bertz CT molecular complexity index is 663. The Morgan fingerprint density at radius 2 is 2.14 bits per heavy atom. The molecule has 1 aromatic carbocycles. The Hall–Kier alpha value is -1.12. The van der Waals surface area contributed by atoms with Gasteiger partial charge in [-0.15, -0.1) is 10.2 Å². The van der Waals surface area contributed by atoms with E-state index in [0.717, 1.165) is 14.4 Å². The minimum Gasteiger partial charge on any atom is -0.325 e. The van der Waals surface area contributed by atoms with Gasteiger partial charge in [-0.05, 0) is 37.3 Å².